The van der Waals surface area contributed by atoms with Crippen molar-refractivity contribution in [3.63, 3.8) is 0 Å². The van der Waals surface area contributed by atoms with Crippen molar-refractivity contribution in [1.82, 2.24) is 0 Å². The van der Waals surface area contributed by atoms with Crippen LogP contribution < -0.4 is 0 Å². The molecule has 0 nitrogen and oxygen atoms in total. The Kier molecular flexibility index (Phi) is 2.44. The summed E-state index contributed by atoms with van der Waals surface area (Å²) >= 11 is 3.30. The average Bonchev–Trinajstić information content (AvgIpc) is 1.88. The summed E-state index contributed by atoms with van der Waals surface area (Å²) in [7, 11) is 0. The molecule has 1 aromatic rings. The molecule has 0 saturated heterocycles. The van der Waals surface area contributed by atoms with Gasteiger partial charge in [-0.3, -0.25) is 0 Å². The third-order valence-electron chi connectivity index (χ3n) is 1.45. The Bertz CT molecular complexity index is 233. The van der Waals surface area contributed by atoms with E-state index in [1.807, 2.05) is 19.1 Å². The third-order valence-corrected chi connectivity index (χ3v) is 1.94. The maximum absolute atomic E-state index is 12.1. The molecule has 0 heterocycles. The van der Waals surface area contributed by atoms with E-state index in [1.165, 1.54) is 0 Å². The summed E-state index contributed by atoms with van der Waals surface area (Å²) in [5.41, 5.74) is 1.76. The monoisotopic (exact) mass is 202 g/mol. The van der Waals surface area contributed by atoms with Gasteiger partial charge in [-0.1, -0.05) is 22.0 Å². The highest BCUT2D eigenvalue weighted by Crippen LogP contribution is 2.16. The van der Waals surface area contributed by atoms with Crippen molar-refractivity contribution in [3.8, 4) is 0 Å². The van der Waals surface area contributed by atoms with E-state index < -0.39 is 0 Å². The molecule has 0 fully saturated rings. The number of alkyl halides is 1. The van der Waals surface area contributed by atoms with Crippen LogP contribution in [0.15, 0.2) is 22.7 Å². The van der Waals surface area contributed by atoms with Gasteiger partial charge in [0.2, 0.25) is 0 Å². The second-order valence-corrected chi connectivity index (χ2v) is 3.12. The molecule has 0 aliphatic heterocycles. The number of hydrogen-bond donors (Lipinski definition) is 0. The van der Waals surface area contributed by atoms with Gasteiger partial charge >= 0.3 is 0 Å². The van der Waals surface area contributed by atoms with E-state index in [-0.39, 0.29) is 6.67 Å². The summed E-state index contributed by atoms with van der Waals surface area (Å²) in [6, 6.07) is 5.55. The molecule has 0 aliphatic carbocycles. The zero-order valence-corrected chi connectivity index (χ0v) is 7.28. The number of aryl methyl sites for hydroxylation is 1. The molecule has 1 rings (SSSR count). The fourth-order valence-corrected chi connectivity index (χ4v) is 1.28. The van der Waals surface area contributed by atoms with Crippen LogP contribution in [-0.4, -0.2) is 0 Å². The fourth-order valence-electron chi connectivity index (χ4n) is 0.809. The summed E-state index contributed by atoms with van der Waals surface area (Å²) in [6.45, 7) is 1.53. The Morgan fingerprint density at radius 2 is 2.20 bits per heavy atom. The Labute approximate surface area is 68.2 Å². The highest BCUT2D eigenvalue weighted by Gasteiger charge is 1.96. The van der Waals surface area contributed by atoms with Gasteiger partial charge in [0.1, 0.15) is 6.67 Å². The lowest BCUT2D eigenvalue weighted by Gasteiger charge is -1.99. The first-order valence-corrected chi connectivity index (χ1v) is 3.84. The van der Waals surface area contributed by atoms with Gasteiger partial charge in [-0.15, -0.1) is 0 Å². The van der Waals surface area contributed by atoms with E-state index in [1.54, 1.807) is 6.07 Å². The summed E-state index contributed by atoms with van der Waals surface area (Å²) in [4.78, 5) is 0. The molecule has 1 aromatic carbocycles. The fraction of sp³-hybridized carbons (Fsp3) is 0.250. The van der Waals surface area contributed by atoms with E-state index in [9.17, 15) is 4.39 Å². The van der Waals surface area contributed by atoms with Crippen molar-refractivity contribution >= 4 is 15.9 Å². The summed E-state index contributed by atoms with van der Waals surface area (Å²) < 4.78 is 13.1. The molecule has 0 atom stereocenters. The Hall–Kier alpha value is -0.370. The van der Waals surface area contributed by atoms with Gasteiger partial charge in [-0.05, 0) is 30.2 Å². The van der Waals surface area contributed by atoms with Crippen molar-refractivity contribution in [2.45, 2.75) is 13.6 Å². The van der Waals surface area contributed by atoms with Crippen LogP contribution in [0.25, 0.3) is 0 Å². The molecule has 0 unspecified atom stereocenters. The number of rotatable bonds is 1. The Balaban J connectivity index is 3.07. The quantitative estimate of drug-likeness (QED) is 0.657. The van der Waals surface area contributed by atoms with Crippen LogP contribution in [0.3, 0.4) is 0 Å². The number of hydrogen-bond acceptors (Lipinski definition) is 0. The first kappa shape index (κ1) is 7.73. The summed E-state index contributed by atoms with van der Waals surface area (Å²) in [6.07, 6.45) is 0. The zero-order valence-electron chi connectivity index (χ0n) is 5.70. The molecule has 2 heteroatoms. The van der Waals surface area contributed by atoms with Gasteiger partial charge in [0.05, 0.1) is 0 Å². The van der Waals surface area contributed by atoms with E-state index in [4.69, 9.17) is 0 Å². The van der Waals surface area contributed by atoms with Gasteiger partial charge in [-0.2, -0.15) is 0 Å². The molecule has 0 N–H and O–H groups in total. The minimum Gasteiger partial charge on any atom is -0.246 e. The molecule has 54 valence electrons. The molecule has 0 bridgehead atoms. The standard InChI is InChI=1S/C8H8BrF/c1-6-4-8(9)3-2-7(6)5-10/h2-4H,5H2,1H3. The van der Waals surface area contributed by atoms with Crippen LogP contribution in [0, 0.1) is 6.92 Å². The predicted octanol–water partition coefficient (Wildman–Crippen LogP) is 3.23. The van der Waals surface area contributed by atoms with Crippen LogP contribution in [0.1, 0.15) is 11.1 Å². The van der Waals surface area contributed by atoms with Crippen molar-refractivity contribution in [2.75, 3.05) is 0 Å². The molecule has 0 radical (unpaired) electrons. The van der Waals surface area contributed by atoms with Crippen LogP contribution in [0.5, 0.6) is 0 Å². The smallest absolute Gasteiger partial charge is 0.115 e. The van der Waals surface area contributed by atoms with E-state index >= 15 is 0 Å². The largest absolute Gasteiger partial charge is 0.246 e. The lowest BCUT2D eigenvalue weighted by atomic mass is 10.1. The molecular weight excluding hydrogens is 195 g/mol. The SMILES string of the molecule is Cc1cc(Br)ccc1CF. The number of halogens is 2. The second kappa shape index (κ2) is 3.15. The molecule has 0 aromatic heterocycles. The minimum absolute atomic E-state index is 0.376. The molecule has 0 spiro atoms. The van der Waals surface area contributed by atoms with Gasteiger partial charge in [-0.25, -0.2) is 4.39 Å². The maximum atomic E-state index is 12.1. The second-order valence-electron chi connectivity index (χ2n) is 2.20. The Morgan fingerprint density at radius 1 is 1.50 bits per heavy atom. The van der Waals surface area contributed by atoms with Crippen molar-refractivity contribution < 1.29 is 4.39 Å². The predicted molar refractivity (Wildman–Crippen MR) is 43.7 cm³/mol. The van der Waals surface area contributed by atoms with Gasteiger partial charge < -0.3 is 0 Å². The highest BCUT2D eigenvalue weighted by atomic mass is 79.9. The molecule has 10 heavy (non-hydrogen) atoms. The maximum Gasteiger partial charge on any atom is 0.115 e. The first-order valence-electron chi connectivity index (χ1n) is 3.05. The lowest BCUT2D eigenvalue weighted by molar-refractivity contribution is 0.483. The summed E-state index contributed by atoms with van der Waals surface area (Å²) in [5.74, 6) is 0. The van der Waals surface area contributed by atoms with Crippen molar-refractivity contribution in [3.05, 3.63) is 33.8 Å². The van der Waals surface area contributed by atoms with Crippen LogP contribution in [-0.2, 0) is 6.67 Å². The minimum atomic E-state index is -0.376. The highest BCUT2D eigenvalue weighted by molar-refractivity contribution is 9.10. The first-order chi connectivity index (χ1) is 4.74. The van der Waals surface area contributed by atoms with Gasteiger partial charge in [0.25, 0.3) is 0 Å². The van der Waals surface area contributed by atoms with E-state index in [0.717, 1.165) is 15.6 Å². The normalized spacial score (nSPS) is 9.90. The van der Waals surface area contributed by atoms with Gasteiger partial charge in [0, 0.05) is 4.47 Å². The molecule has 0 amide bonds. The lowest BCUT2D eigenvalue weighted by Crippen LogP contribution is -1.83. The molecule has 0 saturated carbocycles. The molecule has 0 aliphatic rings. The topological polar surface area (TPSA) is 0 Å². The van der Waals surface area contributed by atoms with Crippen LogP contribution in [0.4, 0.5) is 4.39 Å². The third kappa shape index (κ3) is 1.57. The van der Waals surface area contributed by atoms with E-state index in [2.05, 4.69) is 15.9 Å². The molecular formula is C8H8BrF. The van der Waals surface area contributed by atoms with Gasteiger partial charge in [0.15, 0.2) is 0 Å². The zero-order chi connectivity index (χ0) is 7.56. The summed E-state index contributed by atoms with van der Waals surface area (Å²) in [5, 5.41) is 0. The van der Waals surface area contributed by atoms with Crippen molar-refractivity contribution in [1.29, 1.82) is 0 Å². The van der Waals surface area contributed by atoms with E-state index in [0.29, 0.717) is 0 Å². The van der Waals surface area contributed by atoms with Crippen molar-refractivity contribution in [2.24, 2.45) is 0 Å². The Morgan fingerprint density at radius 3 is 2.70 bits per heavy atom. The van der Waals surface area contributed by atoms with Crippen LogP contribution >= 0.6 is 15.9 Å². The average molecular weight is 203 g/mol. The van der Waals surface area contributed by atoms with Crippen LogP contribution in [0.2, 0.25) is 0 Å². The number of benzene rings is 1.